The van der Waals surface area contributed by atoms with Gasteiger partial charge in [0.15, 0.2) is 11.5 Å². The van der Waals surface area contributed by atoms with Crippen LogP contribution in [0.5, 0.6) is 0 Å². The van der Waals surface area contributed by atoms with Gasteiger partial charge in [-0.1, -0.05) is 6.07 Å². The molecule has 2 nitrogen and oxygen atoms in total. The maximum absolute atomic E-state index is 13.8. The predicted octanol–water partition coefficient (Wildman–Crippen LogP) is 3.64. The number of oxazole rings is 1. The smallest absolute Gasteiger partial charge is 0.276 e. The number of nitrogens with zero attached hydrogens (tertiary/aromatic N) is 1. The van der Waals surface area contributed by atoms with Crippen molar-refractivity contribution < 1.29 is 13.2 Å². The summed E-state index contributed by atoms with van der Waals surface area (Å²) < 4.78 is 32.9. The molecule has 0 N–H and O–H groups in total. The summed E-state index contributed by atoms with van der Waals surface area (Å²) in [5.74, 6) is -2.72. The predicted molar refractivity (Wildman–Crippen MR) is 55.4 cm³/mol. The van der Waals surface area contributed by atoms with Gasteiger partial charge in [-0.2, -0.15) is 0 Å². The summed E-state index contributed by atoms with van der Waals surface area (Å²) >= 11 is 0. The summed E-state index contributed by atoms with van der Waals surface area (Å²) in [5.41, 5.74) is 1.11. The Bertz CT molecular complexity index is 543. The van der Waals surface area contributed by atoms with Gasteiger partial charge in [0, 0.05) is 18.4 Å². The SMILES string of the molecule is Cc1nc2ccc(C(F)(F)C3CC3)cc2o1. The Balaban J connectivity index is 2.10. The van der Waals surface area contributed by atoms with Crippen LogP contribution in [0.4, 0.5) is 8.78 Å². The number of aromatic nitrogens is 1. The molecule has 1 aliphatic rings. The fraction of sp³-hybridized carbons (Fsp3) is 0.417. The molecule has 1 aromatic carbocycles. The Morgan fingerprint density at radius 2 is 2.12 bits per heavy atom. The van der Waals surface area contributed by atoms with Crippen LogP contribution in [0.15, 0.2) is 22.6 Å². The second-order valence-corrected chi connectivity index (χ2v) is 4.31. The molecule has 3 rings (SSSR count). The third-order valence-electron chi connectivity index (χ3n) is 2.97. The van der Waals surface area contributed by atoms with E-state index in [-0.39, 0.29) is 5.56 Å². The van der Waals surface area contributed by atoms with Crippen molar-refractivity contribution in [1.29, 1.82) is 0 Å². The van der Waals surface area contributed by atoms with Gasteiger partial charge in [-0.25, -0.2) is 13.8 Å². The van der Waals surface area contributed by atoms with Crippen molar-refractivity contribution in [2.45, 2.75) is 25.7 Å². The lowest BCUT2D eigenvalue weighted by molar-refractivity contribution is -0.0284. The molecule has 1 saturated carbocycles. The summed E-state index contributed by atoms with van der Waals surface area (Å²) in [7, 11) is 0. The maximum atomic E-state index is 13.8. The molecule has 0 bridgehead atoms. The number of aryl methyl sites for hydroxylation is 1. The molecule has 0 radical (unpaired) electrons. The summed E-state index contributed by atoms with van der Waals surface area (Å²) in [5, 5.41) is 0. The lowest BCUT2D eigenvalue weighted by atomic mass is 10.0. The van der Waals surface area contributed by atoms with E-state index in [1.165, 1.54) is 12.1 Å². The normalized spacial score (nSPS) is 16.9. The van der Waals surface area contributed by atoms with E-state index >= 15 is 0 Å². The second-order valence-electron chi connectivity index (χ2n) is 4.31. The number of hydrogen-bond acceptors (Lipinski definition) is 2. The molecule has 0 aliphatic heterocycles. The van der Waals surface area contributed by atoms with Gasteiger partial charge in [-0.05, 0) is 25.0 Å². The van der Waals surface area contributed by atoms with Crippen molar-refractivity contribution in [2.75, 3.05) is 0 Å². The van der Waals surface area contributed by atoms with Crippen molar-refractivity contribution >= 4 is 11.1 Å². The monoisotopic (exact) mass is 223 g/mol. The highest BCUT2D eigenvalue weighted by molar-refractivity contribution is 5.73. The molecule has 0 saturated heterocycles. The molecule has 0 atom stereocenters. The van der Waals surface area contributed by atoms with Gasteiger partial charge < -0.3 is 4.42 Å². The van der Waals surface area contributed by atoms with Crippen molar-refractivity contribution in [3.8, 4) is 0 Å². The van der Waals surface area contributed by atoms with E-state index in [1.54, 1.807) is 13.0 Å². The molecule has 16 heavy (non-hydrogen) atoms. The van der Waals surface area contributed by atoms with Gasteiger partial charge in [0.2, 0.25) is 0 Å². The number of alkyl halides is 2. The molecule has 84 valence electrons. The first kappa shape index (κ1) is 9.75. The molecule has 0 spiro atoms. The Morgan fingerprint density at radius 1 is 1.38 bits per heavy atom. The molecule has 2 aromatic rings. The lowest BCUT2D eigenvalue weighted by Crippen LogP contribution is -2.15. The van der Waals surface area contributed by atoms with Crippen LogP contribution < -0.4 is 0 Å². The van der Waals surface area contributed by atoms with Gasteiger partial charge in [0.25, 0.3) is 5.92 Å². The number of halogens is 2. The van der Waals surface area contributed by atoms with Gasteiger partial charge >= 0.3 is 0 Å². The fourth-order valence-corrected chi connectivity index (χ4v) is 1.93. The third kappa shape index (κ3) is 1.40. The van der Waals surface area contributed by atoms with Crippen LogP contribution >= 0.6 is 0 Å². The van der Waals surface area contributed by atoms with Gasteiger partial charge in [-0.15, -0.1) is 0 Å². The average Bonchev–Trinajstić information content (AvgIpc) is 3.00. The van der Waals surface area contributed by atoms with Crippen LogP contribution in [-0.4, -0.2) is 4.98 Å². The minimum absolute atomic E-state index is 0.0404. The maximum Gasteiger partial charge on any atom is 0.276 e. The zero-order valence-electron chi connectivity index (χ0n) is 8.84. The Hall–Kier alpha value is -1.45. The average molecular weight is 223 g/mol. The van der Waals surface area contributed by atoms with Crippen molar-refractivity contribution in [2.24, 2.45) is 5.92 Å². The fourth-order valence-electron chi connectivity index (χ4n) is 1.93. The molecule has 4 heteroatoms. The van der Waals surface area contributed by atoms with Crippen LogP contribution in [0.25, 0.3) is 11.1 Å². The molecule has 0 unspecified atom stereocenters. The summed E-state index contributed by atoms with van der Waals surface area (Å²) in [4.78, 5) is 4.09. The summed E-state index contributed by atoms with van der Waals surface area (Å²) in [6.45, 7) is 1.71. The van der Waals surface area contributed by atoms with Crippen LogP contribution in [0.3, 0.4) is 0 Å². The number of benzene rings is 1. The largest absolute Gasteiger partial charge is 0.441 e. The molecular formula is C12H11F2NO. The van der Waals surface area contributed by atoms with Crippen molar-refractivity contribution in [3.05, 3.63) is 29.7 Å². The van der Waals surface area contributed by atoms with E-state index < -0.39 is 11.8 Å². The zero-order chi connectivity index (χ0) is 11.3. The summed E-state index contributed by atoms with van der Waals surface area (Å²) in [6, 6.07) is 4.45. The van der Waals surface area contributed by atoms with E-state index in [9.17, 15) is 8.78 Å². The van der Waals surface area contributed by atoms with Crippen molar-refractivity contribution in [1.82, 2.24) is 4.98 Å². The topological polar surface area (TPSA) is 26.0 Å². The summed E-state index contributed by atoms with van der Waals surface area (Å²) in [6.07, 6.45) is 1.22. The molecule has 1 heterocycles. The van der Waals surface area contributed by atoms with Crippen LogP contribution in [0, 0.1) is 12.8 Å². The van der Waals surface area contributed by atoms with E-state index in [0.717, 1.165) is 0 Å². The third-order valence-corrected chi connectivity index (χ3v) is 2.97. The second kappa shape index (κ2) is 3.03. The van der Waals surface area contributed by atoms with E-state index in [4.69, 9.17) is 4.42 Å². The van der Waals surface area contributed by atoms with E-state index in [1.807, 2.05) is 0 Å². The van der Waals surface area contributed by atoms with E-state index in [0.29, 0.717) is 29.8 Å². The highest BCUT2D eigenvalue weighted by atomic mass is 19.3. The Kier molecular flexibility index (Phi) is 1.85. The number of fused-ring (bicyclic) bond motifs is 1. The molecule has 1 aromatic heterocycles. The lowest BCUT2D eigenvalue weighted by Gasteiger charge is -2.15. The minimum atomic E-state index is -2.73. The van der Waals surface area contributed by atoms with Crippen molar-refractivity contribution in [3.63, 3.8) is 0 Å². The Labute approximate surface area is 91.3 Å². The highest BCUT2D eigenvalue weighted by Crippen LogP contribution is 2.49. The van der Waals surface area contributed by atoms with Gasteiger partial charge in [0.1, 0.15) is 5.52 Å². The van der Waals surface area contributed by atoms with E-state index in [2.05, 4.69) is 4.98 Å². The van der Waals surface area contributed by atoms with Crippen LogP contribution in [0.1, 0.15) is 24.3 Å². The molecule has 1 aliphatic carbocycles. The first-order chi connectivity index (χ1) is 7.57. The van der Waals surface area contributed by atoms with Gasteiger partial charge in [0.05, 0.1) is 0 Å². The molecular weight excluding hydrogens is 212 g/mol. The van der Waals surface area contributed by atoms with Crippen LogP contribution in [0.2, 0.25) is 0 Å². The quantitative estimate of drug-likeness (QED) is 0.776. The standard InChI is InChI=1S/C12H11F2NO/c1-7-15-10-5-4-9(6-11(10)16-7)12(13,14)8-2-3-8/h4-6,8H,2-3H2,1H3. The molecule has 0 amide bonds. The van der Waals surface area contributed by atoms with Crippen LogP contribution in [-0.2, 0) is 5.92 Å². The number of hydrogen-bond donors (Lipinski definition) is 0. The first-order valence-electron chi connectivity index (χ1n) is 5.33. The molecule has 1 fully saturated rings. The van der Waals surface area contributed by atoms with Gasteiger partial charge in [-0.3, -0.25) is 0 Å². The minimum Gasteiger partial charge on any atom is -0.441 e. The number of rotatable bonds is 2. The highest BCUT2D eigenvalue weighted by Gasteiger charge is 2.48. The Morgan fingerprint density at radius 3 is 2.81 bits per heavy atom. The zero-order valence-corrected chi connectivity index (χ0v) is 8.84. The first-order valence-corrected chi connectivity index (χ1v) is 5.33.